The zero-order chi connectivity index (χ0) is 10.1. The molecule has 2 nitrogen and oxygen atoms in total. The van der Waals surface area contributed by atoms with Crippen LogP contribution in [-0.2, 0) is 0 Å². The molecule has 0 bridgehead atoms. The van der Waals surface area contributed by atoms with Gasteiger partial charge in [0.1, 0.15) is 0 Å². The van der Waals surface area contributed by atoms with E-state index in [2.05, 4.69) is 25.7 Å². The molecule has 1 unspecified atom stereocenters. The third-order valence-electron chi connectivity index (χ3n) is 2.42. The van der Waals surface area contributed by atoms with Gasteiger partial charge in [-0.05, 0) is 25.3 Å². The lowest BCUT2D eigenvalue weighted by atomic mass is 10.0. The zero-order valence-corrected chi connectivity index (χ0v) is 8.97. The van der Waals surface area contributed by atoms with Gasteiger partial charge in [-0.2, -0.15) is 0 Å². The average molecular weight is 185 g/mol. The second kappa shape index (κ2) is 8.27. The van der Waals surface area contributed by atoms with Crippen LogP contribution < -0.4 is 5.32 Å². The van der Waals surface area contributed by atoms with Crippen molar-refractivity contribution in [2.24, 2.45) is 5.92 Å². The second-order valence-electron chi connectivity index (χ2n) is 3.52. The molecule has 0 rings (SSSR count). The van der Waals surface area contributed by atoms with Gasteiger partial charge >= 0.3 is 0 Å². The molecule has 1 atom stereocenters. The Morgan fingerprint density at radius 3 is 2.62 bits per heavy atom. The summed E-state index contributed by atoms with van der Waals surface area (Å²) >= 11 is 0. The Balaban J connectivity index is 3.42. The van der Waals surface area contributed by atoms with Gasteiger partial charge in [0.15, 0.2) is 0 Å². The topological polar surface area (TPSA) is 32.3 Å². The van der Waals surface area contributed by atoms with Crippen LogP contribution in [0.2, 0.25) is 0 Å². The van der Waals surface area contributed by atoms with Crippen molar-refractivity contribution in [1.29, 1.82) is 0 Å². The predicted octanol–water partition coefficient (Wildman–Crippen LogP) is 1.95. The van der Waals surface area contributed by atoms with Gasteiger partial charge in [0.05, 0.1) is 0 Å². The molecule has 2 heteroatoms. The SMILES string of the molecule is C=C(CC)CNCC(CC)CCO. The molecule has 0 saturated carbocycles. The van der Waals surface area contributed by atoms with Gasteiger partial charge < -0.3 is 10.4 Å². The lowest BCUT2D eigenvalue weighted by Crippen LogP contribution is -2.24. The average Bonchev–Trinajstić information content (AvgIpc) is 2.16. The molecule has 0 spiro atoms. The Hall–Kier alpha value is -0.340. The van der Waals surface area contributed by atoms with Gasteiger partial charge in [-0.1, -0.05) is 32.4 Å². The van der Waals surface area contributed by atoms with Crippen LogP contribution >= 0.6 is 0 Å². The van der Waals surface area contributed by atoms with Crippen LogP contribution in [0.3, 0.4) is 0 Å². The first-order valence-electron chi connectivity index (χ1n) is 5.22. The zero-order valence-electron chi connectivity index (χ0n) is 8.97. The van der Waals surface area contributed by atoms with Crippen LogP contribution in [0.25, 0.3) is 0 Å². The highest BCUT2D eigenvalue weighted by molar-refractivity contribution is 4.94. The molecule has 0 aromatic heterocycles. The molecule has 0 heterocycles. The van der Waals surface area contributed by atoms with E-state index >= 15 is 0 Å². The minimum Gasteiger partial charge on any atom is -0.396 e. The van der Waals surface area contributed by atoms with Crippen molar-refractivity contribution in [3.63, 3.8) is 0 Å². The van der Waals surface area contributed by atoms with Gasteiger partial charge in [-0.25, -0.2) is 0 Å². The van der Waals surface area contributed by atoms with Crippen LogP contribution in [-0.4, -0.2) is 24.8 Å². The normalized spacial score (nSPS) is 12.8. The summed E-state index contributed by atoms with van der Waals surface area (Å²) < 4.78 is 0. The molecule has 13 heavy (non-hydrogen) atoms. The van der Waals surface area contributed by atoms with Crippen molar-refractivity contribution < 1.29 is 5.11 Å². The van der Waals surface area contributed by atoms with Crippen LogP contribution in [0.4, 0.5) is 0 Å². The number of aliphatic hydroxyl groups excluding tert-OH is 1. The van der Waals surface area contributed by atoms with Crippen LogP contribution in [0.5, 0.6) is 0 Å². The highest BCUT2D eigenvalue weighted by Crippen LogP contribution is 2.05. The summed E-state index contributed by atoms with van der Waals surface area (Å²) in [4.78, 5) is 0. The van der Waals surface area contributed by atoms with Gasteiger partial charge in [0.25, 0.3) is 0 Å². The summed E-state index contributed by atoms with van der Waals surface area (Å²) in [7, 11) is 0. The molecule has 0 aromatic rings. The summed E-state index contributed by atoms with van der Waals surface area (Å²) in [5.41, 5.74) is 1.25. The van der Waals surface area contributed by atoms with E-state index in [9.17, 15) is 0 Å². The van der Waals surface area contributed by atoms with Gasteiger partial charge in [0, 0.05) is 13.2 Å². The Labute approximate surface area is 82.0 Å². The molecule has 0 amide bonds. The fourth-order valence-corrected chi connectivity index (χ4v) is 1.21. The lowest BCUT2D eigenvalue weighted by Gasteiger charge is -2.14. The van der Waals surface area contributed by atoms with Crippen molar-refractivity contribution in [3.05, 3.63) is 12.2 Å². The first-order chi connectivity index (χ1) is 6.24. The first kappa shape index (κ1) is 12.7. The van der Waals surface area contributed by atoms with Gasteiger partial charge in [-0.3, -0.25) is 0 Å². The van der Waals surface area contributed by atoms with Crippen molar-refractivity contribution >= 4 is 0 Å². The molecular formula is C11H23NO. The molecule has 0 aromatic carbocycles. The summed E-state index contributed by atoms with van der Waals surface area (Å²) in [6, 6.07) is 0. The Bertz CT molecular complexity index is 134. The fourth-order valence-electron chi connectivity index (χ4n) is 1.21. The maximum Gasteiger partial charge on any atom is 0.0434 e. The minimum atomic E-state index is 0.301. The first-order valence-corrected chi connectivity index (χ1v) is 5.22. The van der Waals surface area contributed by atoms with Crippen molar-refractivity contribution in [1.82, 2.24) is 5.32 Å². The van der Waals surface area contributed by atoms with E-state index in [1.807, 2.05) is 0 Å². The second-order valence-corrected chi connectivity index (χ2v) is 3.52. The molecule has 0 aliphatic heterocycles. The highest BCUT2D eigenvalue weighted by Gasteiger charge is 2.04. The molecule has 0 radical (unpaired) electrons. The summed E-state index contributed by atoms with van der Waals surface area (Å²) in [6.07, 6.45) is 3.08. The van der Waals surface area contributed by atoms with Gasteiger partial charge in [-0.15, -0.1) is 0 Å². The fraction of sp³-hybridized carbons (Fsp3) is 0.818. The van der Waals surface area contributed by atoms with Crippen LogP contribution in [0.1, 0.15) is 33.1 Å². The molecule has 0 fully saturated rings. The predicted molar refractivity (Wildman–Crippen MR) is 57.8 cm³/mol. The maximum atomic E-state index is 8.78. The van der Waals surface area contributed by atoms with E-state index in [1.54, 1.807) is 0 Å². The van der Waals surface area contributed by atoms with E-state index in [1.165, 1.54) is 5.57 Å². The van der Waals surface area contributed by atoms with E-state index in [0.717, 1.165) is 32.4 Å². The quantitative estimate of drug-likeness (QED) is 0.566. The smallest absolute Gasteiger partial charge is 0.0434 e. The summed E-state index contributed by atoms with van der Waals surface area (Å²) in [6.45, 7) is 10.4. The van der Waals surface area contributed by atoms with E-state index < -0.39 is 0 Å². The van der Waals surface area contributed by atoms with Crippen molar-refractivity contribution in [2.45, 2.75) is 33.1 Å². The number of rotatable bonds is 8. The van der Waals surface area contributed by atoms with Crippen molar-refractivity contribution in [2.75, 3.05) is 19.7 Å². The van der Waals surface area contributed by atoms with Crippen LogP contribution in [0.15, 0.2) is 12.2 Å². The molecule has 0 aliphatic carbocycles. The highest BCUT2D eigenvalue weighted by atomic mass is 16.3. The van der Waals surface area contributed by atoms with E-state index in [-0.39, 0.29) is 0 Å². The molecule has 78 valence electrons. The van der Waals surface area contributed by atoms with Crippen LogP contribution in [0, 0.1) is 5.92 Å². The molecule has 0 saturated heterocycles. The number of hydrogen-bond acceptors (Lipinski definition) is 2. The third kappa shape index (κ3) is 6.79. The molecular weight excluding hydrogens is 162 g/mol. The molecule has 2 N–H and O–H groups in total. The summed E-state index contributed by atoms with van der Waals surface area (Å²) in [5.74, 6) is 0.606. The largest absolute Gasteiger partial charge is 0.396 e. The molecule has 0 aliphatic rings. The monoisotopic (exact) mass is 185 g/mol. The van der Waals surface area contributed by atoms with E-state index in [0.29, 0.717) is 12.5 Å². The third-order valence-corrected chi connectivity index (χ3v) is 2.42. The number of nitrogens with one attached hydrogen (secondary N) is 1. The maximum absolute atomic E-state index is 8.78. The van der Waals surface area contributed by atoms with Gasteiger partial charge in [0.2, 0.25) is 0 Å². The number of aliphatic hydroxyl groups is 1. The van der Waals surface area contributed by atoms with Crippen molar-refractivity contribution in [3.8, 4) is 0 Å². The van der Waals surface area contributed by atoms with E-state index in [4.69, 9.17) is 5.11 Å². The lowest BCUT2D eigenvalue weighted by molar-refractivity contribution is 0.252. The Morgan fingerprint density at radius 2 is 2.15 bits per heavy atom. The Kier molecular flexibility index (Phi) is 8.05. The Morgan fingerprint density at radius 1 is 1.46 bits per heavy atom. The summed E-state index contributed by atoms with van der Waals surface area (Å²) in [5, 5.41) is 12.1. The standard InChI is InChI=1S/C11H23NO/c1-4-10(3)8-12-9-11(5-2)6-7-13/h11-13H,3-9H2,1-2H3. The minimum absolute atomic E-state index is 0.301. The number of hydrogen-bond donors (Lipinski definition) is 2.